The van der Waals surface area contributed by atoms with E-state index in [0.29, 0.717) is 18.7 Å². The summed E-state index contributed by atoms with van der Waals surface area (Å²) < 4.78 is 31.7. The number of hydrogen-bond acceptors (Lipinski definition) is 4. The Labute approximate surface area is 166 Å². The van der Waals surface area contributed by atoms with Crippen molar-refractivity contribution in [3.63, 3.8) is 0 Å². The summed E-state index contributed by atoms with van der Waals surface area (Å²) in [5.74, 6) is 0.524. The van der Waals surface area contributed by atoms with Gasteiger partial charge in [0, 0.05) is 26.3 Å². The molecule has 1 unspecified atom stereocenters. The molecule has 0 aromatic heterocycles. The third kappa shape index (κ3) is 3.77. The fourth-order valence-corrected chi connectivity index (χ4v) is 4.19. The van der Waals surface area contributed by atoms with E-state index < -0.39 is 16.1 Å². The lowest BCUT2D eigenvalue weighted by molar-refractivity contribution is -0.124. The molecule has 1 atom stereocenters. The lowest BCUT2D eigenvalue weighted by atomic mass is 10.1. The van der Waals surface area contributed by atoms with E-state index in [4.69, 9.17) is 4.74 Å². The molecule has 2 aromatic carbocycles. The molecule has 7 heteroatoms. The number of fused-ring (bicyclic) bond motifs is 1. The van der Waals surface area contributed by atoms with Gasteiger partial charge in [-0.3, -0.25) is 4.79 Å². The van der Waals surface area contributed by atoms with Crippen molar-refractivity contribution in [3.05, 3.63) is 53.1 Å². The van der Waals surface area contributed by atoms with Gasteiger partial charge in [-0.05, 0) is 74.2 Å². The van der Waals surface area contributed by atoms with Crippen LogP contribution >= 0.6 is 0 Å². The minimum Gasteiger partial charge on any atom is -0.481 e. The quantitative estimate of drug-likeness (QED) is 0.771. The Morgan fingerprint density at radius 2 is 1.82 bits per heavy atom. The summed E-state index contributed by atoms with van der Waals surface area (Å²) in [7, 11) is -0.487. The molecule has 0 radical (unpaired) electrons. The van der Waals surface area contributed by atoms with Gasteiger partial charge in [-0.2, -0.15) is 0 Å². The minimum absolute atomic E-state index is 0.139. The predicted molar refractivity (Wildman–Crippen MR) is 109 cm³/mol. The van der Waals surface area contributed by atoms with E-state index in [1.807, 2.05) is 32.0 Å². The Morgan fingerprint density at radius 1 is 1.11 bits per heavy atom. The number of amides is 1. The number of ether oxygens (including phenoxy) is 1. The van der Waals surface area contributed by atoms with Crippen molar-refractivity contribution in [1.29, 1.82) is 0 Å². The van der Waals surface area contributed by atoms with Gasteiger partial charge < -0.3 is 9.64 Å². The average Bonchev–Trinajstić information content (AvgIpc) is 3.07. The van der Waals surface area contributed by atoms with Crippen LogP contribution in [0.3, 0.4) is 0 Å². The number of anilines is 1. The standard InChI is InChI=1S/C21H26N2O4S/c1-14-6-7-18(12-15(14)2)27-16(3)21(24)23-11-10-17-13-19(8-9-20(17)23)28(25,26)22(4)5/h6-9,12-13,16H,10-11H2,1-5H3. The maximum Gasteiger partial charge on any atom is 0.267 e. The van der Waals surface area contributed by atoms with Crippen LogP contribution in [-0.4, -0.2) is 45.4 Å². The monoisotopic (exact) mass is 402 g/mol. The number of hydrogen-bond donors (Lipinski definition) is 0. The predicted octanol–water partition coefficient (Wildman–Crippen LogP) is 2.91. The van der Waals surface area contributed by atoms with Gasteiger partial charge in [0.2, 0.25) is 10.0 Å². The number of sulfonamides is 1. The van der Waals surface area contributed by atoms with Crippen molar-refractivity contribution in [3.8, 4) is 5.75 Å². The smallest absolute Gasteiger partial charge is 0.267 e. The van der Waals surface area contributed by atoms with Gasteiger partial charge in [-0.1, -0.05) is 6.07 Å². The van der Waals surface area contributed by atoms with Crippen molar-refractivity contribution >= 4 is 21.6 Å². The second-order valence-corrected chi connectivity index (χ2v) is 9.48. The molecule has 1 aliphatic rings. The van der Waals surface area contributed by atoms with Gasteiger partial charge in [-0.15, -0.1) is 0 Å². The summed E-state index contributed by atoms with van der Waals surface area (Å²) in [5, 5.41) is 0. The molecule has 0 bridgehead atoms. The van der Waals surface area contributed by atoms with E-state index in [9.17, 15) is 13.2 Å². The second-order valence-electron chi connectivity index (χ2n) is 7.32. The van der Waals surface area contributed by atoms with Crippen LogP contribution in [0, 0.1) is 13.8 Å². The molecule has 28 heavy (non-hydrogen) atoms. The Bertz CT molecular complexity index is 1020. The maximum absolute atomic E-state index is 12.9. The Kier molecular flexibility index (Phi) is 5.50. The van der Waals surface area contributed by atoms with E-state index in [2.05, 4.69) is 0 Å². The molecular weight excluding hydrogens is 376 g/mol. The minimum atomic E-state index is -3.50. The first-order valence-electron chi connectivity index (χ1n) is 9.22. The molecule has 2 aromatic rings. The summed E-state index contributed by atoms with van der Waals surface area (Å²) in [6, 6.07) is 10.7. The molecule has 1 heterocycles. The highest BCUT2D eigenvalue weighted by Crippen LogP contribution is 2.31. The van der Waals surface area contributed by atoms with Gasteiger partial charge in [0.1, 0.15) is 5.75 Å². The normalized spacial score (nSPS) is 14.9. The van der Waals surface area contributed by atoms with Crippen LogP contribution in [-0.2, 0) is 21.2 Å². The van der Waals surface area contributed by atoms with Gasteiger partial charge in [0.15, 0.2) is 6.10 Å². The zero-order chi connectivity index (χ0) is 20.6. The molecule has 150 valence electrons. The largest absolute Gasteiger partial charge is 0.481 e. The summed E-state index contributed by atoms with van der Waals surface area (Å²) in [6.45, 7) is 6.28. The number of nitrogens with zero attached hydrogens (tertiary/aromatic N) is 2. The van der Waals surface area contributed by atoms with E-state index in [0.717, 1.165) is 16.8 Å². The first-order valence-corrected chi connectivity index (χ1v) is 10.7. The second kappa shape index (κ2) is 7.56. The number of carbonyl (C=O) groups is 1. The van der Waals surface area contributed by atoms with E-state index >= 15 is 0 Å². The Morgan fingerprint density at radius 3 is 2.46 bits per heavy atom. The molecule has 0 spiro atoms. The lowest BCUT2D eigenvalue weighted by Crippen LogP contribution is -2.39. The molecule has 1 aliphatic heterocycles. The van der Waals surface area contributed by atoms with Crippen molar-refractivity contribution in [2.75, 3.05) is 25.5 Å². The molecule has 0 saturated carbocycles. The molecule has 1 amide bonds. The number of benzene rings is 2. The van der Waals surface area contributed by atoms with E-state index in [1.54, 1.807) is 30.0 Å². The van der Waals surface area contributed by atoms with Crippen molar-refractivity contribution < 1.29 is 17.9 Å². The number of carbonyl (C=O) groups excluding carboxylic acids is 1. The third-order valence-electron chi connectivity index (χ3n) is 5.13. The molecule has 0 saturated heterocycles. The lowest BCUT2D eigenvalue weighted by Gasteiger charge is -2.23. The van der Waals surface area contributed by atoms with Crippen LogP contribution in [0.15, 0.2) is 41.3 Å². The van der Waals surface area contributed by atoms with Crippen LogP contribution in [0.5, 0.6) is 5.75 Å². The Hall–Kier alpha value is -2.38. The fourth-order valence-electron chi connectivity index (χ4n) is 3.24. The van der Waals surface area contributed by atoms with E-state index in [1.165, 1.54) is 24.0 Å². The molecule has 0 fully saturated rings. The molecule has 3 rings (SSSR count). The summed E-state index contributed by atoms with van der Waals surface area (Å²) >= 11 is 0. The zero-order valence-electron chi connectivity index (χ0n) is 16.9. The summed E-state index contributed by atoms with van der Waals surface area (Å²) in [5.41, 5.74) is 3.88. The van der Waals surface area contributed by atoms with Gasteiger partial charge in [0.25, 0.3) is 5.91 Å². The van der Waals surface area contributed by atoms with Gasteiger partial charge in [0.05, 0.1) is 4.90 Å². The number of aryl methyl sites for hydroxylation is 2. The molecular formula is C21H26N2O4S. The highest BCUT2D eigenvalue weighted by Gasteiger charge is 2.30. The van der Waals surface area contributed by atoms with Crippen molar-refractivity contribution in [2.45, 2.75) is 38.2 Å². The third-order valence-corrected chi connectivity index (χ3v) is 6.94. The maximum atomic E-state index is 12.9. The zero-order valence-corrected chi connectivity index (χ0v) is 17.7. The first kappa shape index (κ1) is 20.4. The van der Waals surface area contributed by atoms with Crippen LogP contribution in [0.25, 0.3) is 0 Å². The van der Waals surface area contributed by atoms with Crippen molar-refractivity contribution in [2.24, 2.45) is 0 Å². The van der Waals surface area contributed by atoms with Gasteiger partial charge in [-0.25, -0.2) is 12.7 Å². The van der Waals surface area contributed by atoms with E-state index in [-0.39, 0.29) is 10.8 Å². The fraction of sp³-hybridized carbons (Fsp3) is 0.381. The number of rotatable bonds is 5. The highest BCUT2D eigenvalue weighted by atomic mass is 32.2. The SMILES string of the molecule is Cc1ccc(OC(C)C(=O)N2CCc3cc(S(=O)(=O)N(C)C)ccc32)cc1C. The van der Waals surface area contributed by atoms with Crippen LogP contribution in [0.1, 0.15) is 23.6 Å². The summed E-state index contributed by atoms with van der Waals surface area (Å²) in [6.07, 6.45) is -0.0213. The van der Waals surface area contributed by atoms with Crippen LogP contribution in [0.2, 0.25) is 0 Å². The topological polar surface area (TPSA) is 66.9 Å². The molecule has 0 aliphatic carbocycles. The van der Waals surface area contributed by atoms with Crippen LogP contribution in [0.4, 0.5) is 5.69 Å². The summed E-state index contributed by atoms with van der Waals surface area (Å²) in [4.78, 5) is 14.8. The molecule has 0 N–H and O–H groups in total. The van der Waals surface area contributed by atoms with Crippen molar-refractivity contribution in [1.82, 2.24) is 4.31 Å². The first-order chi connectivity index (χ1) is 13.1. The Balaban J connectivity index is 1.79. The van der Waals surface area contributed by atoms with Gasteiger partial charge >= 0.3 is 0 Å². The highest BCUT2D eigenvalue weighted by molar-refractivity contribution is 7.89. The molecule has 6 nitrogen and oxygen atoms in total. The van der Waals surface area contributed by atoms with Crippen LogP contribution < -0.4 is 9.64 Å². The average molecular weight is 403 g/mol.